The molecule has 2 N–H and O–H groups in total. The molecule has 1 aromatic heterocycles. The maximum Gasteiger partial charge on any atom is 0.403 e. The van der Waals surface area contributed by atoms with Crippen molar-refractivity contribution in [2.45, 2.75) is 19.1 Å². The minimum atomic E-state index is -4.76. The van der Waals surface area contributed by atoms with Crippen molar-refractivity contribution in [2.24, 2.45) is 5.92 Å². The monoisotopic (exact) mass is 262 g/mol. The van der Waals surface area contributed by atoms with E-state index in [9.17, 15) is 18.0 Å². The van der Waals surface area contributed by atoms with Gasteiger partial charge in [0.1, 0.15) is 0 Å². The van der Waals surface area contributed by atoms with Crippen LogP contribution in [-0.4, -0.2) is 28.8 Å². The molecule has 1 aromatic rings. The minimum absolute atomic E-state index is 0.400. The SMILES string of the molecule is C[C@H](NCC(C(=O)O)C(F)(F)F)c1cccnc1. The van der Waals surface area contributed by atoms with Gasteiger partial charge in [-0.05, 0) is 18.6 Å². The van der Waals surface area contributed by atoms with Crippen LogP contribution in [0.25, 0.3) is 0 Å². The van der Waals surface area contributed by atoms with Gasteiger partial charge in [-0.2, -0.15) is 13.2 Å². The minimum Gasteiger partial charge on any atom is -0.481 e. The second-order valence-electron chi connectivity index (χ2n) is 3.85. The maximum atomic E-state index is 12.4. The summed E-state index contributed by atoms with van der Waals surface area (Å²) in [6, 6.07) is 2.96. The van der Waals surface area contributed by atoms with Crippen molar-refractivity contribution < 1.29 is 23.1 Å². The molecule has 2 atom stereocenters. The van der Waals surface area contributed by atoms with E-state index in [1.807, 2.05) is 0 Å². The zero-order valence-electron chi connectivity index (χ0n) is 9.61. The number of hydrogen-bond donors (Lipinski definition) is 2. The summed E-state index contributed by atoms with van der Waals surface area (Å²) in [5.74, 6) is -4.29. The third kappa shape index (κ3) is 3.99. The molecule has 0 aliphatic carbocycles. The highest BCUT2D eigenvalue weighted by Crippen LogP contribution is 2.26. The van der Waals surface area contributed by atoms with Gasteiger partial charge in [-0.25, -0.2) is 0 Å². The van der Waals surface area contributed by atoms with E-state index in [4.69, 9.17) is 5.11 Å². The fraction of sp³-hybridized carbons (Fsp3) is 0.455. The molecular weight excluding hydrogens is 249 g/mol. The van der Waals surface area contributed by atoms with Crippen molar-refractivity contribution >= 4 is 5.97 Å². The average molecular weight is 262 g/mol. The van der Waals surface area contributed by atoms with E-state index in [0.717, 1.165) is 0 Å². The summed E-state index contributed by atoms with van der Waals surface area (Å²) >= 11 is 0. The Balaban J connectivity index is 2.61. The second-order valence-corrected chi connectivity index (χ2v) is 3.85. The zero-order valence-corrected chi connectivity index (χ0v) is 9.61. The van der Waals surface area contributed by atoms with E-state index in [1.165, 1.54) is 6.20 Å². The van der Waals surface area contributed by atoms with Crippen LogP contribution in [-0.2, 0) is 4.79 Å². The molecule has 18 heavy (non-hydrogen) atoms. The van der Waals surface area contributed by atoms with Crippen molar-refractivity contribution in [1.82, 2.24) is 10.3 Å². The number of nitrogens with zero attached hydrogens (tertiary/aromatic N) is 1. The predicted molar refractivity (Wildman–Crippen MR) is 57.8 cm³/mol. The van der Waals surface area contributed by atoms with Crippen LogP contribution in [0.4, 0.5) is 13.2 Å². The highest BCUT2D eigenvalue weighted by atomic mass is 19.4. The molecule has 0 bridgehead atoms. The Morgan fingerprint density at radius 2 is 2.22 bits per heavy atom. The third-order valence-corrected chi connectivity index (χ3v) is 2.51. The summed E-state index contributed by atoms with van der Waals surface area (Å²) in [6.45, 7) is 0.973. The Kier molecular flexibility index (Phi) is 4.66. The Labute approximate surface area is 102 Å². The molecule has 0 fully saturated rings. The van der Waals surface area contributed by atoms with Crippen LogP contribution in [0.3, 0.4) is 0 Å². The second kappa shape index (κ2) is 5.81. The van der Waals surface area contributed by atoms with Gasteiger partial charge in [-0.1, -0.05) is 6.07 Å². The molecule has 1 heterocycles. The quantitative estimate of drug-likeness (QED) is 0.852. The van der Waals surface area contributed by atoms with Crippen LogP contribution in [0.5, 0.6) is 0 Å². The molecule has 0 aliphatic heterocycles. The summed E-state index contributed by atoms with van der Waals surface area (Å²) in [5, 5.41) is 11.1. The molecule has 100 valence electrons. The first-order valence-electron chi connectivity index (χ1n) is 5.25. The lowest BCUT2D eigenvalue weighted by Gasteiger charge is -2.20. The first-order valence-corrected chi connectivity index (χ1v) is 5.25. The molecule has 0 saturated heterocycles. The highest BCUT2D eigenvalue weighted by Gasteiger charge is 2.44. The van der Waals surface area contributed by atoms with E-state index >= 15 is 0 Å². The lowest BCUT2D eigenvalue weighted by atomic mass is 10.1. The molecular formula is C11H13F3N2O2. The van der Waals surface area contributed by atoms with Crippen LogP contribution in [0, 0.1) is 5.92 Å². The molecule has 0 radical (unpaired) electrons. The number of rotatable bonds is 5. The smallest absolute Gasteiger partial charge is 0.403 e. The van der Waals surface area contributed by atoms with Gasteiger partial charge in [0.2, 0.25) is 0 Å². The van der Waals surface area contributed by atoms with Gasteiger partial charge in [-0.3, -0.25) is 9.78 Å². The molecule has 0 aliphatic rings. The van der Waals surface area contributed by atoms with Crippen LogP contribution in [0.2, 0.25) is 0 Å². The number of carboxylic acid groups (broad SMARTS) is 1. The van der Waals surface area contributed by atoms with Gasteiger partial charge in [0.25, 0.3) is 0 Å². The number of pyridine rings is 1. The van der Waals surface area contributed by atoms with Gasteiger partial charge >= 0.3 is 12.1 Å². The van der Waals surface area contributed by atoms with Gasteiger partial charge in [0.05, 0.1) is 0 Å². The van der Waals surface area contributed by atoms with Crippen LogP contribution < -0.4 is 5.32 Å². The number of halogens is 3. The van der Waals surface area contributed by atoms with E-state index in [1.54, 1.807) is 25.3 Å². The van der Waals surface area contributed by atoms with Crippen molar-refractivity contribution in [2.75, 3.05) is 6.54 Å². The summed E-state index contributed by atoms with van der Waals surface area (Å²) < 4.78 is 37.2. The van der Waals surface area contributed by atoms with Crippen LogP contribution >= 0.6 is 0 Å². The molecule has 7 heteroatoms. The number of alkyl halides is 3. The number of carbonyl (C=O) groups is 1. The molecule has 0 spiro atoms. The first kappa shape index (κ1) is 14.4. The van der Waals surface area contributed by atoms with Gasteiger partial charge in [-0.15, -0.1) is 0 Å². The molecule has 1 rings (SSSR count). The zero-order chi connectivity index (χ0) is 13.8. The van der Waals surface area contributed by atoms with Gasteiger partial charge in [0, 0.05) is 25.0 Å². The number of aliphatic carboxylic acids is 1. The fourth-order valence-corrected chi connectivity index (χ4v) is 1.39. The molecule has 0 saturated carbocycles. The predicted octanol–water partition coefficient (Wildman–Crippen LogP) is 2.00. The molecule has 0 aromatic carbocycles. The van der Waals surface area contributed by atoms with Crippen molar-refractivity contribution in [1.29, 1.82) is 0 Å². The van der Waals surface area contributed by atoms with Crippen molar-refractivity contribution in [3.05, 3.63) is 30.1 Å². The normalized spacial score (nSPS) is 15.1. The average Bonchev–Trinajstić information content (AvgIpc) is 2.28. The summed E-state index contributed by atoms with van der Waals surface area (Å²) in [5.41, 5.74) is 0.698. The van der Waals surface area contributed by atoms with E-state index in [0.29, 0.717) is 5.56 Å². The Morgan fingerprint density at radius 1 is 1.56 bits per heavy atom. The number of nitrogens with one attached hydrogen (secondary N) is 1. The Bertz CT molecular complexity index is 395. The third-order valence-electron chi connectivity index (χ3n) is 2.51. The molecule has 4 nitrogen and oxygen atoms in total. The van der Waals surface area contributed by atoms with E-state index < -0.39 is 30.7 Å². The lowest BCUT2D eigenvalue weighted by molar-refractivity contribution is -0.192. The number of aromatic nitrogens is 1. The standard InChI is InChI=1S/C11H13F3N2O2/c1-7(8-3-2-4-15-5-8)16-6-9(10(17)18)11(12,13)14/h2-5,7,9,16H,6H2,1H3,(H,17,18)/t7-,9?/m0/s1. The first-order chi connectivity index (χ1) is 8.32. The van der Waals surface area contributed by atoms with Crippen LogP contribution in [0.1, 0.15) is 18.5 Å². The Morgan fingerprint density at radius 3 is 2.67 bits per heavy atom. The summed E-state index contributed by atoms with van der Waals surface area (Å²) in [7, 11) is 0. The van der Waals surface area contributed by atoms with Crippen LogP contribution in [0.15, 0.2) is 24.5 Å². The molecule has 0 amide bonds. The topological polar surface area (TPSA) is 62.2 Å². The molecule has 1 unspecified atom stereocenters. The lowest BCUT2D eigenvalue weighted by Crippen LogP contribution is -2.39. The van der Waals surface area contributed by atoms with Crippen molar-refractivity contribution in [3.8, 4) is 0 Å². The largest absolute Gasteiger partial charge is 0.481 e. The van der Waals surface area contributed by atoms with Crippen molar-refractivity contribution in [3.63, 3.8) is 0 Å². The maximum absolute atomic E-state index is 12.4. The number of hydrogen-bond acceptors (Lipinski definition) is 3. The van der Waals surface area contributed by atoms with E-state index in [2.05, 4.69) is 10.3 Å². The summed E-state index contributed by atoms with van der Waals surface area (Å²) in [6.07, 6.45) is -1.69. The van der Waals surface area contributed by atoms with Gasteiger partial charge < -0.3 is 10.4 Å². The Hall–Kier alpha value is -1.63. The van der Waals surface area contributed by atoms with Gasteiger partial charge in [0.15, 0.2) is 5.92 Å². The highest BCUT2D eigenvalue weighted by molar-refractivity contribution is 5.71. The fourth-order valence-electron chi connectivity index (χ4n) is 1.39. The number of carboxylic acids is 1. The van der Waals surface area contributed by atoms with E-state index in [-0.39, 0.29) is 0 Å². The summed E-state index contributed by atoms with van der Waals surface area (Å²) in [4.78, 5) is 14.4.